The third-order valence-corrected chi connectivity index (χ3v) is 14.0. The van der Waals surface area contributed by atoms with Crippen LogP contribution in [-0.2, 0) is 23.2 Å². The first-order chi connectivity index (χ1) is 9.21. The van der Waals surface area contributed by atoms with Crippen molar-refractivity contribution in [1.29, 1.82) is 0 Å². The molecule has 5 heteroatoms. The van der Waals surface area contributed by atoms with Crippen LogP contribution < -0.4 is 28.2 Å². The molecule has 1 N–H and O–H groups in total. The van der Waals surface area contributed by atoms with E-state index in [-0.39, 0.29) is 24.8 Å². The fourth-order valence-corrected chi connectivity index (χ4v) is 11.6. The normalized spacial score (nSPS) is 21.0. The number of H-pyrrole nitrogens is 1. The van der Waals surface area contributed by atoms with E-state index in [1.165, 1.54) is 11.1 Å². The molecule has 1 heterocycles. The Balaban J connectivity index is 0.00000220. The zero-order valence-electron chi connectivity index (χ0n) is 14.9. The van der Waals surface area contributed by atoms with Gasteiger partial charge in [0.2, 0.25) is 0 Å². The zero-order chi connectivity index (χ0) is 15.2. The molecule has 122 valence electrons. The molecule has 1 aromatic rings. The van der Waals surface area contributed by atoms with Gasteiger partial charge in [-0.1, -0.05) is 0 Å². The van der Waals surface area contributed by atoms with Gasteiger partial charge in [-0.2, -0.15) is 0 Å². The summed E-state index contributed by atoms with van der Waals surface area (Å²) >= 11 is -0.713. The number of aromatic amines is 1. The van der Waals surface area contributed by atoms with Gasteiger partial charge in [-0.3, -0.25) is 0 Å². The van der Waals surface area contributed by atoms with Gasteiger partial charge in [0.1, 0.15) is 0 Å². The van der Waals surface area contributed by atoms with Crippen LogP contribution in [0.4, 0.5) is 0 Å². The molecular formula is C17H27Cl2NSiZr. The smallest absolute Gasteiger partial charge is 1.00 e. The maximum atomic E-state index is 3.57. The minimum atomic E-state index is -0.768. The van der Waals surface area contributed by atoms with E-state index in [4.69, 9.17) is 0 Å². The van der Waals surface area contributed by atoms with E-state index >= 15 is 0 Å². The number of allylic oxidation sites excluding steroid dienone is 4. The Bertz CT molecular complexity index is 616. The second-order valence-electron chi connectivity index (χ2n) is 6.70. The van der Waals surface area contributed by atoms with Crippen molar-refractivity contribution < 1.29 is 48.0 Å². The summed E-state index contributed by atoms with van der Waals surface area (Å²) in [6.45, 7) is 19.1. The fraction of sp³-hybridized carbons (Fsp3) is 0.529. The van der Waals surface area contributed by atoms with E-state index in [9.17, 15) is 0 Å². The topological polar surface area (TPSA) is 15.8 Å². The van der Waals surface area contributed by atoms with Crippen molar-refractivity contribution in [2.24, 2.45) is 0 Å². The minimum absolute atomic E-state index is 0. The summed E-state index contributed by atoms with van der Waals surface area (Å²) in [5.74, 6) is 0. The van der Waals surface area contributed by atoms with Crippen molar-refractivity contribution in [3.63, 3.8) is 0 Å². The maximum Gasteiger partial charge on any atom is -1.00 e. The summed E-state index contributed by atoms with van der Waals surface area (Å²) in [4.78, 5) is 3.57. The van der Waals surface area contributed by atoms with Crippen LogP contribution in [-0.4, -0.2) is 13.8 Å². The molecule has 1 aliphatic rings. The average molecular weight is 436 g/mol. The standard InChI is InChI=1S/C11H19Si.C6H8N.2ClH.Zr/c1-8-7-11(4,12(5)6)10(3)9(8)2;1-5-3-7-4-6(5)2;;;/h12H,1-6H3;3,7H,1-2H3;2*1H;/q;;;;+2/p-2. The molecule has 0 amide bonds. The molecule has 1 aromatic heterocycles. The van der Waals surface area contributed by atoms with Crippen molar-refractivity contribution in [3.8, 4) is 0 Å². The van der Waals surface area contributed by atoms with Crippen LogP contribution in [0.1, 0.15) is 38.8 Å². The predicted molar refractivity (Wildman–Crippen MR) is 88.2 cm³/mol. The third kappa shape index (κ3) is 3.43. The molecule has 1 aliphatic carbocycles. The monoisotopic (exact) mass is 433 g/mol. The molecule has 1 atom stereocenters. The summed E-state index contributed by atoms with van der Waals surface area (Å²) in [5.41, 5.74) is 7.78. The summed E-state index contributed by atoms with van der Waals surface area (Å²) in [6.07, 6.45) is 2.19. The molecule has 0 aromatic carbocycles. The van der Waals surface area contributed by atoms with Gasteiger partial charge in [0, 0.05) is 0 Å². The molecule has 0 fully saturated rings. The third-order valence-electron chi connectivity index (χ3n) is 5.60. The molecule has 0 spiro atoms. The molecule has 0 saturated heterocycles. The first-order valence-corrected chi connectivity index (χ1v) is 12.9. The predicted octanol–water partition coefficient (Wildman–Crippen LogP) is -1.78. The first kappa shape index (κ1) is 22.4. The van der Waals surface area contributed by atoms with Gasteiger partial charge >= 0.3 is 137 Å². The van der Waals surface area contributed by atoms with E-state index in [0.29, 0.717) is 5.04 Å². The quantitative estimate of drug-likeness (QED) is 0.541. The largest absolute Gasteiger partial charge is 1.00 e. The molecule has 22 heavy (non-hydrogen) atoms. The van der Waals surface area contributed by atoms with Crippen LogP contribution in [0, 0.1) is 13.8 Å². The fourth-order valence-electron chi connectivity index (χ4n) is 3.23. The molecule has 0 radical (unpaired) electrons. The van der Waals surface area contributed by atoms with Gasteiger partial charge in [0.15, 0.2) is 0 Å². The number of rotatable bonds is 3. The van der Waals surface area contributed by atoms with Crippen molar-refractivity contribution in [2.75, 3.05) is 0 Å². The van der Waals surface area contributed by atoms with E-state index < -0.39 is 32.0 Å². The summed E-state index contributed by atoms with van der Waals surface area (Å²) in [5, 5.41) is 0.422. The van der Waals surface area contributed by atoms with E-state index in [0.717, 1.165) is 0 Å². The van der Waals surface area contributed by atoms with Crippen LogP contribution in [0.3, 0.4) is 0 Å². The van der Waals surface area contributed by atoms with Gasteiger partial charge < -0.3 is 24.8 Å². The second-order valence-corrected chi connectivity index (χ2v) is 13.2. The number of halogens is 2. The van der Waals surface area contributed by atoms with Crippen LogP contribution in [0.5, 0.6) is 0 Å². The SMILES string of the molecule is CC1=C(C)C(C)([SiH](C)C)[C]([Zr+2][c]2[nH]cc(C)c2C)=C1C.[Cl-].[Cl-]. The number of nitrogens with one attached hydrogen (secondary N) is 1. The Labute approximate surface area is 161 Å². The van der Waals surface area contributed by atoms with Crippen LogP contribution in [0.25, 0.3) is 0 Å². The molecule has 1 unspecified atom stereocenters. The van der Waals surface area contributed by atoms with Gasteiger partial charge in [-0.25, -0.2) is 0 Å². The molecule has 2 rings (SSSR count). The van der Waals surface area contributed by atoms with Crippen molar-refractivity contribution in [2.45, 2.75) is 59.7 Å². The molecule has 0 saturated carbocycles. The van der Waals surface area contributed by atoms with E-state index in [1.54, 1.807) is 20.1 Å². The van der Waals surface area contributed by atoms with Crippen LogP contribution in [0.15, 0.2) is 26.2 Å². The van der Waals surface area contributed by atoms with Gasteiger partial charge in [0.05, 0.1) is 0 Å². The number of aryl methyl sites for hydroxylation is 1. The zero-order valence-corrected chi connectivity index (χ0v) is 20.0. The summed E-state index contributed by atoms with van der Waals surface area (Å²) < 4.78 is 3.41. The van der Waals surface area contributed by atoms with Crippen molar-refractivity contribution in [1.82, 2.24) is 4.98 Å². The second kappa shape index (κ2) is 8.01. The molecular weight excluding hydrogens is 408 g/mol. The Morgan fingerprint density at radius 2 is 1.55 bits per heavy atom. The summed E-state index contributed by atoms with van der Waals surface area (Å²) in [6, 6.07) is 0. The van der Waals surface area contributed by atoms with E-state index in [2.05, 4.69) is 65.8 Å². The Hall–Kier alpha value is 0.440. The first-order valence-electron chi connectivity index (χ1n) is 7.52. The number of hydrogen-bond acceptors (Lipinski definition) is 0. The van der Waals surface area contributed by atoms with Crippen molar-refractivity contribution >= 4 is 12.2 Å². The molecule has 0 bridgehead atoms. The maximum absolute atomic E-state index is 3.57. The van der Waals surface area contributed by atoms with Crippen molar-refractivity contribution in [3.05, 3.63) is 37.3 Å². The van der Waals surface area contributed by atoms with Gasteiger partial charge in [-0.05, 0) is 0 Å². The Kier molecular flexibility index (Phi) is 8.17. The van der Waals surface area contributed by atoms with E-state index in [1.807, 2.05) is 3.28 Å². The Morgan fingerprint density at radius 3 is 1.95 bits per heavy atom. The van der Waals surface area contributed by atoms with Crippen LogP contribution in [0.2, 0.25) is 18.1 Å². The van der Waals surface area contributed by atoms with Crippen LogP contribution >= 0.6 is 0 Å². The van der Waals surface area contributed by atoms with Gasteiger partial charge in [-0.15, -0.1) is 0 Å². The number of aromatic nitrogens is 1. The molecule has 0 aliphatic heterocycles. The Morgan fingerprint density at radius 1 is 1.00 bits per heavy atom. The number of hydrogen-bond donors (Lipinski definition) is 1. The van der Waals surface area contributed by atoms with Gasteiger partial charge in [0.25, 0.3) is 0 Å². The molecule has 1 nitrogen and oxygen atoms in total. The average Bonchev–Trinajstić information content (AvgIpc) is 2.79. The minimum Gasteiger partial charge on any atom is -1.00 e. The summed E-state index contributed by atoms with van der Waals surface area (Å²) in [7, 11) is -0.768.